The number of halogens is 1. The van der Waals surface area contributed by atoms with Gasteiger partial charge in [-0.3, -0.25) is 4.79 Å². The third kappa shape index (κ3) is 11.8. The van der Waals surface area contributed by atoms with Crippen molar-refractivity contribution < 1.29 is 9.53 Å². The maximum atomic E-state index is 11.2. The first kappa shape index (κ1) is 34.1. The van der Waals surface area contributed by atoms with Crippen LogP contribution in [0.3, 0.4) is 0 Å². The molecule has 1 aromatic rings. The van der Waals surface area contributed by atoms with Crippen LogP contribution in [0, 0.1) is 5.92 Å². The molecule has 1 aromatic carbocycles. The van der Waals surface area contributed by atoms with E-state index in [1.165, 1.54) is 12.7 Å². The lowest BCUT2D eigenvalue weighted by molar-refractivity contribution is -0.142. The molecule has 1 saturated carbocycles. The first-order valence-corrected chi connectivity index (χ1v) is 37.1. The van der Waals surface area contributed by atoms with E-state index in [9.17, 15) is 4.79 Å². The second-order valence-corrected chi connectivity index (χ2v) is 68.6. The Kier molecular flexibility index (Phi) is 20.0. The third-order valence-corrected chi connectivity index (χ3v) is 100. The Balaban J connectivity index is 0.000000301. The summed E-state index contributed by atoms with van der Waals surface area (Å²) in [6, 6.07) is 8.09. The van der Waals surface area contributed by atoms with E-state index in [1.807, 2.05) is 12.1 Å². The molecule has 0 N–H and O–H groups in total. The number of benzene rings is 1. The zero-order valence-electron chi connectivity index (χ0n) is 16.2. The number of hydrogen-bond donors (Lipinski definition) is 0. The van der Waals surface area contributed by atoms with Gasteiger partial charge in [0.05, 0.1) is 13.0 Å². The molecular formula is C11H29BrO2P16. The zero-order valence-corrected chi connectivity index (χ0v) is 34.4. The largest absolute Gasteiger partial charge is 0.469 e. The van der Waals surface area contributed by atoms with Crippen molar-refractivity contribution in [3.63, 3.8) is 0 Å². The molecular weight excluding hydrogens is 740 g/mol. The second kappa shape index (κ2) is 17.6. The minimum Gasteiger partial charge on any atom is -0.469 e. The number of rotatable bonds is 8. The van der Waals surface area contributed by atoms with E-state index in [4.69, 9.17) is 4.74 Å². The van der Waals surface area contributed by atoms with Crippen molar-refractivity contribution in [2.24, 2.45) is 5.92 Å². The molecule has 0 aliphatic heterocycles. The third-order valence-electron chi connectivity index (χ3n) is 3.77. The molecule has 1 aliphatic carbocycles. The molecule has 1 aliphatic rings. The summed E-state index contributed by atoms with van der Waals surface area (Å²) in [5, 5.41) is 0. The number of ether oxygens (including phenoxy) is 1. The van der Waals surface area contributed by atoms with Gasteiger partial charge >= 0.3 is 5.97 Å². The fourth-order valence-electron chi connectivity index (χ4n) is 2.39. The molecule has 0 bridgehead atoms. The van der Waals surface area contributed by atoms with Gasteiger partial charge in [-0.2, -0.15) is 0 Å². The van der Waals surface area contributed by atoms with Crippen LogP contribution in [-0.4, -0.2) is 13.1 Å². The van der Waals surface area contributed by atoms with Gasteiger partial charge in [0.25, 0.3) is 0 Å². The topological polar surface area (TPSA) is 26.3 Å². The molecule has 0 spiro atoms. The molecule has 0 aromatic heterocycles. The molecule has 0 heterocycles. The van der Waals surface area contributed by atoms with Gasteiger partial charge in [-0.1, -0.05) is 28.1 Å². The minimum absolute atomic E-state index is 0.0635. The average molecular weight is 769 g/mol. The van der Waals surface area contributed by atoms with Crippen molar-refractivity contribution in [1.29, 1.82) is 0 Å². The molecule has 13 atom stereocenters. The van der Waals surface area contributed by atoms with Crippen LogP contribution in [0.25, 0.3) is 0 Å². The molecule has 30 heavy (non-hydrogen) atoms. The van der Waals surface area contributed by atoms with Crippen molar-refractivity contribution >= 4 is 151 Å². The highest BCUT2D eigenvalue weighted by atomic mass is 79.9. The molecule has 172 valence electrons. The lowest BCUT2D eigenvalue weighted by Crippen LogP contribution is -2.03. The predicted octanol–water partition coefficient (Wildman–Crippen LogP) is 11.7. The molecule has 19 heteroatoms. The predicted molar refractivity (Wildman–Crippen MR) is 193 cm³/mol. The molecule has 13 unspecified atom stereocenters. The van der Waals surface area contributed by atoms with Crippen molar-refractivity contribution in [3.8, 4) is 0 Å². The first-order valence-electron chi connectivity index (χ1n) is 8.08. The van der Waals surface area contributed by atoms with E-state index in [0.29, 0.717) is 5.92 Å². The Morgan fingerprint density at radius 1 is 0.933 bits per heavy atom. The minimum atomic E-state index is -0.0880. The molecule has 2 nitrogen and oxygen atoms in total. The van der Waals surface area contributed by atoms with Crippen LogP contribution in [-0.2, 0) is 9.53 Å². The molecule has 0 amide bonds. The smallest absolute Gasteiger partial charge is 0.309 e. The number of methoxy groups -OCH3 is 1. The van der Waals surface area contributed by atoms with E-state index in [-0.39, 0.29) is 60.8 Å². The van der Waals surface area contributed by atoms with E-state index in [1.54, 1.807) is 0 Å². The standard InChI is InChI=1S/C11H11BrO2.H18P16/c1-14-11(13)10-6-9(10)7-3-2-4-8(12)5-7;1-10(2)14(9)16(13(7)8)15(11(3)4)12(5)6/h2-5,9-10H,6H2,1H3;1-9H2. The SMILES string of the molecule is COC(=O)C1CC1c1cccc(Br)c1.PP(P)P(P)P(P(P)P)P(P(P)P)P(P)P. The Bertz CT molecular complexity index is 668. The summed E-state index contributed by atoms with van der Waals surface area (Å²) in [6.07, 6.45) is 0.920. The highest BCUT2D eigenvalue weighted by molar-refractivity contribution is 9.30. The van der Waals surface area contributed by atoms with Gasteiger partial charge in [0.2, 0.25) is 0 Å². The summed E-state index contributed by atoms with van der Waals surface area (Å²) >= 11 is 3.42. The summed E-state index contributed by atoms with van der Waals surface area (Å²) in [5.41, 5.74) is 1.22. The van der Waals surface area contributed by atoms with Crippen LogP contribution in [0.5, 0.6) is 0 Å². The van der Waals surface area contributed by atoms with Crippen LogP contribution >= 0.6 is 145 Å². The normalized spacial score (nSPS) is 20.4. The Morgan fingerprint density at radius 2 is 1.47 bits per heavy atom. The first-order chi connectivity index (χ1) is 13.9. The summed E-state index contributed by atoms with van der Waals surface area (Å²) in [7, 11) is 29.2. The molecule has 2 rings (SSSR count). The van der Waals surface area contributed by atoms with E-state index in [0.717, 1.165) is 10.9 Å². The number of hydrogen-bond acceptors (Lipinski definition) is 2. The van der Waals surface area contributed by atoms with Gasteiger partial charge in [-0.25, -0.2) is 0 Å². The summed E-state index contributed by atoms with van der Waals surface area (Å²) in [4.78, 5) is 11.2. The van der Waals surface area contributed by atoms with Gasteiger partial charge < -0.3 is 4.74 Å². The fourth-order valence-corrected chi connectivity index (χ4v) is 167. The Labute approximate surface area is 218 Å². The van der Waals surface area contributed by atoms with E-state index >= 15 is 0 Å². The van der Waals surface area contributed by atoms with Crippen LogP contribution in [0.1, 0.15) is 17.9 Å². The monoisotopic (exact) mass is 768 g/mol. The highest BCUT2D eigenvalue weighted by Crippen LogP contribution is 3.24. The number of carbonyl (C=O) groups excluding carboxylic acids is 1. The van der Waals surface area contributed by atoms with Crippen molar-refractivity contribution in [1.82, 2.24) is 0 Å². The molecule has 0 saturated heterocycles. The van der Waals surface area contributed by atoms with Gasteiger partial charge in [0, 0.05) is 4.47 Å². The van der Waals surface area contributed by atoms with Crippen LogP contribution in [0.4, 0.5) is 0 Å². The highest BCUT2D eigenvalue weighted by Gasteiger charge is 2.44. The summed E-state index contributed by atoms with van der Waals surface area (Å²) < 4.78 is 5.77. The van der Waals surface area contributed by atoms with E-state index < -0.39 is 0 Å². The average Bonchev–Trinajstić information content (AvgIpc) is 3.45. The number of carbonyl (C=O) groups is 1. The number of esters is 1. The zero-order chi connectivity index (χ0) is 23.2. The van der Waals surface area contributed by atoms with E-state index in [2.05, 4.69) is 108 Å². The van der Waals surface area contributed by atoms with Gasteiger partial charge in [-0.05, 0) is 78.9 Å². The van der Waals surface area contributed by atoms with Crippen molar-refractivity contribution in [2.75, 3.05) is 7.11 Å². The summed E-state index contributed by atoms with van der Waals surface area (Å²) in [6.45, 7) is 0.740. The molecule has 1 fully saturated rings. The maximum absolute atomic E-state index is 11.2. The quantitative estimate of drug-likeness (QED) is 0.194. The lowest BCUT2D eigenvalue weighted by atomic mass is 10.1. The second-order valence-electron chi connectivity index (χ2n) is 5.90. The van der Waals surface area contributed by atoms with Crippen LogP contribution in [0.2, 0.25) is 0 Å². The Hall–Kier alpha value is 6.05. The van der Waals surface area contributed by atoms with Gasteiger partial charge in [0.15, 0.2) is 0 Å². The fraction of sp³-hybridized carbons (Fsp3) is 0.364. The van der Waals surface area contributed by atoms with Gasteiger partial charge in [-0.15, -0.1) is 80.4 Å². The maximum Gasteiger partial charge on any atom is 0.309 e. The summed E-state index contributed by atoms with van der Waals surface area (Å²) in [5.74, 6) is 0.351. The van der Waals surface area contributed by atoms with Crippen molar-refractivity contribution in [3.05, 3.63) is 34.3 Å². The molecule has 0 radical (unpaired) electrons. The van der Waals surface area contributed by atoms with Crippen LogP contribution < -0.4 is 0 Å². The van der Waals surface area contributed by atoms with Crippen molar-refractivity contribution in [2.45, 2.75) is 12.3 Å². The van der Waals surface area contributed by atoms with Crippen LogP contribution in [0.15, 0.2) is 28.7 Å². The van der Waals surface area contributed by atoms with Gasteiger partial charge in [0.1, 0.15) is 0 Å². The Morgan fingerprint density at radius 3 is 1.87 bits per heavy atom. The lowest BCUT2D eigenvalue weighted by Gasteiger charge is -2.40.